The van der Waals surface area contributed by atoms with E-state index >= 15 is 0 Å². The largest absolute Gasteiger partial charge is 0.455 e. The van der Waals surface area contributed by atoms with Gasteiger partial charge in [-0.2, -0.15) is 0 Å². The molecule has 1 saturated heterocycles. The van der Waals surface area contributed by atoms with Crippen molar-refractivity contribution in [2.45, 2.75) is 101 Å². The first-order valence-electron chi connectivity index (χ1n) is 18.0. The number of rotatable bonds is 9. The summed E-state index contributed by atoms with van der Waals surface area (Å²) in [6.07, 6.45) is -10.1. The van der Waals surface area contributed by atoms with Crippen LogP contribution in [0.15, 0.2) is 71.8 Å². The summed E-state index contributed by atoms with van der Waals surface area (Å²) in [5, 5.41) is 37.4. The molecule has 2 saturated carbocycles. The smallest absolute Gasteiger partial charge is 0.350 e. The number of esters is 4. The fraction of sp³-hybridized carbons (Fsp3) is 0.525. The highest BCUT2D eigenvalue weighted by Crippen LogP contribution is 2.64. The highest BCUT2D eigenvalue weighted by atomic mass is 35.5. The Kier molecular flexibility index (Phi) is 10.8. The number of Topliss-reactive ketones (excluding diaryl/α,β-unsaturated/α-hetero) is 1. The Balaban J connectivity index is 1.53. The fourth-order valence-corrected chi connectivity index (χ4v) is 9.34. The van der Waals surface area contributed by atoms with Crippen LogP contribution in [0.25, 0.3) is 0 Å². The number of ether oxygens (including phenoxy) is 5. The number of benzene rings is 2. The van der Waals surface area contributed by atoms with Crippen LogP contribution in [-0.4, -0.2) is 105 Å². The van der Waals surface area contributed by atoms with Gasteiger partial charge in [-0.05, 0) is 42.7 Å². The summed E-state index contributed by atoms with van der Waals surface area (Å²) >= 11 is 5.73. The molecule has 1 aliphatic heterocycles. The molecule has 2 aromatic carbocycles. The van der Waals surface area contributed by atoms with Gasteiger partial charge in [0.25, 0.3) is 0 Å². The van der Waals surface area contributed by atoms with E-state index in [0.29, 0.717) is 5.56 Å². The van der Waals surface area contributed by atoms with Crippen LogP contribution in [0.1, 0.15) is 69.4 Å². The number of carbonyl (C=O) groups excluding carboxylic acids is 5. The number of alkyl halides is 1. The second-order valence-electron chi connectivity index (χ2n) is 15.6. The summed E-state index contributed by atoms with van der Waals surface area (Å²) in [5.74, 6) is -6.78. The molecule has 0 aromatic heterocycles. The number of halogens is 1. The second kappa shape index (κ2) is 14.7. The minimum absolute atomic E-state index is 0.0492. The van der Waals surface area contributed by atoms with Gasteiger partial charge >= 0.3 is 23.9 Å². The third-order valence-electron chi connectivity index (χ3n) is 12.3. The van der Waals surface area contributed by atoms with Gasteiger partial charge in [0, 0.05) is 25.2 Å². The number of nitrogens with two attached hydrogens (primary N) is 1. The van der Waals surface area contributed by atoms with Crippen LogP contribution in [0, 0.1) is 16.7 Å². The molecule has 1 heterocycles. The van der Waals surface area contributed by atoms with Crippen LogP contribution in [-0.2, 0) is 42.9 Å². The minimum Gasteiger partial charge on any atom is -0.455 e. The number of hydrogen-bond donors (Lipinski definition) is 4. The predicted octanol–water partition coefficient (Wildman–Crippen LogP) is 2.48. The average Bonchev–Trinajstić information content (AvgIpc) is 3.15. The Hall–Kier alpha value is -4.18. The number of aliphatic hydroxyl groups is 3. The van der Waals surface area contributed by atoms with Crippen molar-refractivity contribution in [3.63, 3.8) is 0 Å². The van der Waals surface area contributed by atoms with Gasteiger partial charge in [0.2, 0.25) is 6.10 Å². The summed E-state index contributed by atoms with van der Waals surface area (Å²) in [6.45, 7) is 6.88. The summed E-state index contributed by atoms with van der Waals surface area (Å²) in [7, 11) is 0. The molecule has 0 unspecified atom stereocenters. The molecular formula is C40H46ClNO13. The van der Waals surface area contributed by atoms with E-state index in [1.54, 1.807) is 62.4 Å². The molecule has 2 aromatic rings. The van der Waals surface area contributed by atoms with E-state index < -0.39 is 113 Å². The van der Waals surface area contributed by atoms with Crippen molar-refractivity contribution >= 4 is 41.3 Å². The Morgan fingerprint density at radius 3 is 2.18 bits per heavy atom. The summed E-state index contributed by atoms with van der Waals surface area (Å²) in [4.78, 5) is 68.3. The number of fused-ring (bicyclic) bond motifs is 5. The molecule has 55 heavy (non-hydrogen) atoms. The van der Waals surface area contributed by atoms with Crippen LogP contribution in [0.3, 0.4) is 0 Å². The molecule has 3 fully saturated rings. The van der Waals surface area contributed by atoms with Crippen molar-refractivity contribution in [1.29, 1.82) is 0 Å². The minimum atomic E-state index is -2.33. The molecule has 4 aliphatic rings. The topological polar surface area (TPSA) is 218 Å². The second-order valence-corrected chi connectivity index (χ2v) is 15.8. The average molecular weight is 784 g/mol. The lowest BCUT2D eigenvalue weighted by atomic mass is 9.44. The van der Waals surface area contributed by atoms with Crippen LogP contribution < -0.4 is 5.73 Å². The van der Waals surface area contributed by atoms with Gasteiger partial charge in [0.15, 0.2) is 11.4 Å². The monoisotopic (exact) mass is 783 g/mol. The molecule has 6 rings (SSSR count). The van der Waals surface area contributed by atoms with E-state index in [2.05, 4.69) is 0 Å². The lowest BCUT2D eigenvalue weighted by molar-refractivity contribution is -0.346. The normalized spacial score (nSPS) is 34.6. The van der Waals surface area contributed by atoms with Gasteiger partial charge in [-0.25, -0.2) is 9.59 Å². The van der Waals surface area contributed by atoms with E-state index in [1.165, 1.54) is 26.0 Å². The van der Waals surface area contributed by atoms with E-state index in [0.717, 1.165) is 6.92 Å². The fourth-order valence-electron chi connectivity index (χ4n) is 9.27. The highest BCUT2D eigenvalue weighted by Gasteiger charge is 2.78. The number of ketones is 1. The van der Waals surface area contributed by atoms with Crippen LogP contribution in [0.2, 0.25) is 0 Å². The van der Waals surface area contributed by atoms with Gasteiger partial charge < -0.3 is 44.7 Å². The maximum Gasteiger partial charge on any atom is 0.350 e. The van der Waals surface area contributed by atoms with Gasteiger partial charge in [0.05, 0.1) is 35.6 Å². The van der Waals surface area contributed by atoms with E-state index in [4.69, 9.17) is 41.0 Å². The van der Waals surface area contributed by atoms with Gasteiger partial charge in [0.1, 0.15) is 35.9 Å². The molecule has 14 nitrogen and oxygen atoms in total. The number of carbonyl (C=O) groups is 5. The van der Waals surface area contributed by atoms with Crippen molar-refractivity contribution in [3.8, 4) is 0 Å². The first-order valence-corrected chi connectivity index (χ1v) is 18.6. The summed E-state index contributed by atoms with van der Waals surface area (Å²) in [5.41, 5.74) is -0.582. The molecule has 2 bridgehead atoms. The molecular weight excluding hydrogens is 738 g/mol. The Morgan fingerprint density at radius 2 is 1.62 bits per heavy atom. The van der Waals surface area contributed by atoms with Crippen molar-refractivity contribution in [2.75, 3.05) is 12.5 Å². The Labute approximate surface area is 322 Å². The standard InChI is InChI=1S/C40H46ClNO13/c1-20-24(52-36(49)31(53-27(45)18-41)29(42)22-12-8-6-9-13-22)17-40(50)34(54-35(48)23-14-10-7-11-15-23)32-38(5,33(47)30(46)28(20)37(40,3)4)25(44)16-26-39(32,19-51-26)55-21(2)43/h6-15,24-26,29-32,34,44,46,50H,16-19,42H2,1-5H3/t24-,25-,26+,29-,30+,31+,32-,34-,38+,39-,40+/m0/s1. The first kappa shape index (κ1) is 40.5. The maximum atomic E-state index is 14.9. The first-order chi connectivity index (χ1) is 25.8. The number of aliphatic hydroxyl groups excluding tert-OH is 2. The molecule has 5 N–H and O–H groups in total. The van der Waals surface area contributed by atoms with Crippen LogP contribution >= 0.6 is 11.6 Å². The molecule has 0 spiro atoms. The SMILES string of the molecule is CC(=O)O[C@@]12CO[C@@H]1C[C@H](O)[C@@]1(C)C(=O)[C@H](O)C3=C(C)[C@@H](OC(=O)[C@H](OC(=O)CCl)[C@@H](N)c4ccccc4)C[C@@](O)([C@@H](OC(=O)c4ccccc4)[C@H]21)C3(C)C. The summed E-state index contributed by atoms with van der Waals surface area (Å²) < 4.78 is 29.5. The highest BCUT2D eigenvalue weighted by molar-refractivity contribution is 6.26. The maximum absolute atomic E-state index is 14.9. The predicted molar refractivity (Wildman–Crippen MR) is 193 cm³/mol. The molecule has 296 valence electrons. The third-order valence-corrected chi connectivity index (χ3v) is 12.5. The Bertz CT molecular complexity index is 1890. The van der Waals surface area contributed by atoms with E-state index in [9.17, 15) is 39.3 Å². The quantitative estimate of drug-likeness (QED) is 0.124. The zero-order chi connectivity index (χ0) is 40.2. The lowest BCUT2D eigenvalue weighted by Gasteiger charge is -2.67. The van der Waals surface area contributed by atoms with Crippen molar-refractivity contribution in [3.05, 3.63) is 82.9 Å². The van der Waals surface area contributed by atoms with Gasteiger partial charge in [-0.15, -0.1) is 11.6 Å². The lowest BCUT2D eigenvalue weighted by Crippen LogP contribution is -2.81. The van der Waals surface area contributed by atoms with E-state index in [-0.39, 0.29) is 29.7 Å². The van der Waals surface area contributed by atoms with Gasteiger partial charge in [-0.3, -0.25) is 14.4 Å². The molecule has 15 heteroatoms. The van der Waals surface area contributed by atoms with E-state index in [1.807, 2.05) is 0 Å². The molecule has 0 amide bonds. The zero-order valence-electron chi connectivity index (χ0n) is 31.1. The van der Waals surface area contributed by atoms with Crippen molar-refractivity contribution < 1.29 is 63.0 Å². The third kappa shape index (κ3) is 6.46. The van der Waals surface area contributed by atoms with Crippen LogP contribution in [0.4, 0.5) is 0 Å². The zero-order valence-corrected chi connectivity index (χ0v) is 31.9. The van der Waals surface area contributed by atoms with Crippen LogP contribution in [0.5, 0.6) is 0 Å². The summed E-state index contributed by atoms with van der Waals surface area (Å²) in [6, 6.07) is 15.0. The number of hydrogen-bond acceptors (Lipinski definition) is 14. The van der Waals surface area contributed by atoms with Crippen molar-refractivity contribution in [2.24, 2.45) is 22.5 Å². The van der Waals surface area contributed by atoms with Crippen molar-refractivity contribution in [1.82, 2.24) is 0 Å². The molecule has 0 radical (unpaired) electrons. The van der Waals surface area contributed by atoms with Gasteiger partial charge in [-0.1, -0.05) is 62.4 Å². The molecule has 3 aliphatic carbocycles. The molecule has 11 atom stereocenters. The Morgan fingerprint density at radius 1 is 1.00 bits per heavy atom.